The fourth-order valence-electron chi connectivity index (χ4n) is 1.20. The molecule has 0 aliphatic heterocycles. The molecule has 0 aliphatic rings. The van der Waals surface area contributed by atoms with Gasteiger partial charge in [-0.15, -0.1) is 0 Å². The number of alkyl halides is 3. The lowest BCUT2D eigenvalue weighted by molar-refractivity contribution is -0.138. The van der Waals surface area contributed by atoms with E-state index in [-0.39, 0.29) is 5.52 Å². The number of nitrogens with one attached hydrogen (secondary N) is 1. The van der Waals surface area contributed by atoms with Gasteiger partial charge >= 0.3 is 6.18 Å². The number of halogens is 4. The van der Waals surface area contributed by atoms with Gasteiger partial charge in [0.2, 0.25) is 0 Å². The molecule has 2 rings (SSSR count). The number of aromatic amines is 1. The highest BCUT2D eigenvalue weighted by molar-refractivity contribution is 5.78. The zero-order valence-electron chi connectivity index (χ0n) is 6.61. The van der Waals surface area contributed by atoms with E-state index in [0.29, 0.717) is 0 Å². The van der Waals surface area contributed by atoms with Crippen LogP contribution in [0.25, 0.3) is 11.0 Å². The van der Waals surface area contributed by atoms with Gasteiger partial charge in [0.05, 0.1) is 5.52 Å². The topological polar surface area (TPSA) is 28.7 Å². The van der Waals surface area contributed by atoms with E-state index in [4.69, 9.17) is 0 Å². The molecule has 73 valence electrons. The van der Waals surface area contributed by atoms with E-state index in [1.54, 1.807) is 0 Å². The first-order valence-corrected chi connectivity index (χ1v) is 3.61. The van der Waals surface area contributed by atoms with Crippen LogP contribution in [0.2, 0.25) is 0 Å². The Labute approximate surface area is 75.6 Å². The summed E-state index contributed by atoms with van der Waals surface area (Å²) < 4.78 is 50.0. The molecule has 0 fully saturated rings. The van der Waals surface area contributed by atoms with Crippen molar-refractivity contribution in [1.82, 2.24) is 9.97 Å². The second-order valence-electron chi connectivity index (χ2n) is 2.66. The molecule has 14 heavy (non-hydrogen) atoms. The molecule has 0 amide bonds. The van der Waals surface area contributed by atoms with Gasteiger partial charge in [-0.05, 0) is 12.1 Å². The Morgan fingerprint density at radius 2 is 2.00 bits per heavy atom. The van der Waals surface area contributed by atoms with Crippen molar-refractivity contribution in [3.05, 3.63) is 29.8 Å². The van der Waals surface area contributed by atoms with E-state index in [1.165, 1.54) is 6.07 Å². The maximum atomic E-state index is 12.9. The second kappa shape index (κ2) is 2.70. The highest BCUT2D eigenvalue weighted by Crippen LogP contribution is 2.35. The molecule has 1 N–H and O–H groups in total. The molecule has 2 aromatic rings. The van der Waals surface area contributed by atoms with Crippen molar-refractivity contribution < 1.29 is 17.6 Å². The second-order valence-corrected chi connectivity index (χ2v) is 2.66. The molecule has 1 heterocycles. The summed E-state index contributed by atoms with van der Waals surface area (Å²) in [5.41, 5.74) is -1.69. The number of H-pyrrole nitrogens is 1. The summed E-state index contributed by atoms with van der Waals surface area (Å²) in [5, 5.41) is 0. The number of rotatable bonds is 0. The van der Waals surface area contributed by atoms with Gasteiger partial charge in [0, 0.05) is 0 Å². The van der Waals surface area contributed by atoms with E-state index < -0.39 is 23.1 Å². The van der Waals surface area contributed by atoms with Gasteiger partial charge < -0.3 is 4.98 Å². The van der Waals surface area contributed by atoms with Crippen LogP contribution in [0.4, 0.5) is 17.6 Å². The number of aromatic nitrogens is 2. The Bertz CT molecular complexity index is 472. The smallest absolute Gasteiger partial charge is 0.335 e. The van der Waals surface area contributed by atoms with Gasteiger partial charge in [0.15, 0.2) is 6.33 Å². The Kier molecular flexibility index (Phi) is 1.73. The normalized spacial score (nSPS) is 12.3. The van der Waals surface area contributed by atoms with E-state index >= 15 is 0 Å². The van der Waals surface area contributed by atoms with E-state index in [2.05, 4.69) is 16.3 Å². The Morgan fingerprint density at radius 3 is 2.64 bits per heavy atom. The van der Waals surface area contributed by atoms with Crippen molar-refractivity contribution >= 4 is 11.0 Å². The quantitative estimate of drug-likeness (QED) is 0.655. The van der Waals surface area contributed by atoms with Crippen LogP contribution in [0, 0.1) is 12.1 Å². The molecule has 0 saturated heterocycles. The van der Waals surface area contributed by atoms with Crippen LogP contribution >= 0.6 is 0 Å². The van der Waals surface area contributed by atoms with Gasteiger partial charge in [-0.2, -0.15) is 13.2 Å². The predicted molar refractivity (Wildman–Crippen MR) is 39.9 cm³/mol. The van der Waals surface area contributed by atoms with E-state index in [9.17, 15) is 17.6 Å². The Hall–Kier alpha value is -1.59. The van der Waals surface area contributed by atoms with Gasteiger partial charge in [0.1, 0.15) is 16.9 Å². The third-order valence-electron chi connectivity index (χ3n) is 1.77. The highest BCUT2D eigenvalue weighted by Gasteiger charge is 2.37. The molecule has 6 heteroatoms. The van der Waals surface area contributed by atoms with Crippen LogP contribution in [0.1, 0.15) is 5.56 Å². The van der Waals surface area contributed by atoms with Crippen LogP contribution in [-0.4, -0.2) is 9.97 Å². The molecule has 0 saturated carbocycles. The minimum atomic E-state index is -4.74. The van der Waals surface area contributed by atoms with Crippen molar-refractivity contribution in [2.75, 3.05) is 0 Å². The molecule has 0 aliphatic carbocycles. The molecule has 0 spiro atoms. The first-order valence-electron chi connectivity index (χ1n) is 3.61. The summed E-state index contributed by atoms with van der Waals surface area (Å²) in [6, 6.07) is 1.93. The minimum absolute atomic E-state index is 0.110. The summed E-state index contributed by atoms with van der Waals surface area (Å²) in [6.45, 7) is 0. The fourth-order valence-corrected chi connectivity index (χ4v) is 1.20. The maximum absolute atomic E-state index is 12.9. The lowest BCUT2D eigenvalue weighted by atomic mass is 10.1. The van der Waals surface area contributed by atoms with Crippen molar-refractivity contribution in [2.24, 2.45) is 0 Å². The molecule has 1 aromatic carbocycles. The zero-order chi connectivity index (χ0) is 10.3. The van der Waals surface area contributed by atoms with Crippen molar-refractivity contribution in [3.63, 3.8) is 0 Å². The summed E-state index contributed by atoms with van der Waals surface area (Å²) in [5.74, 6) is -1.33. The third-order valence-corrected chi connectivity index (χ3v) is 1.77. The van der Waals surface area contributed by atoms with E-state index in [1.807, 2.05) is 0 Å². The van der Waals surface area contributed by atoms with Gasteiger partial charge in [0.25, 0.3) is 0 Å². The molecule has 0 atom stereocenters. The standard InChI is InChI=1S/C8H3F4N2/c9-4-1-2-5-7(14-3-13-5)6(4)8(10,11)12/h1-2H,(H,13,14). The highest BCUT2D eigenvalue weighted by atomic mass is 19.4. The van der Waals surface area contributed by atoms with Gasteiger partial charge in [-0.3, -0.25) is 0 Å². The molecule has 1 radical (unpaired) electrons. The van der Waals surface area contributed by atoms with Crippen molar-refractivity contribution in [1.29, 1.82) is 0 Å². The summed E-state index contributed by atoms with van der Waals surface area (Å²) in [4.78, 5) is 5.66. The maximum Gasteiger partial charge on any atom is 0.421 e. The van der Waals surface area contributed by atoms with Gasteiger partial charge in [-0.1, -0.05) is 0 Å². The number of hydrogen-bond acceptors (Lipinski definition) is 1. The first kappa shape index (κ1) is 8.98. The lowest BCUT2D eigenvalue weighted by Gasteiger charge is -2.07. The lowest BCUT2D eigenvalue weighted by Crippen LogP contribution is -2.08. The summed E-state index contributed by atoms with van der Waals surface area (Å²) >= 11 is 0. The summed E-state index contributed by atoms with van der Waals surface area (Å²) in [6.07, 6.45) is -2.61. The van der Waals surface area contributed by atoms with Crippen LogP contribution in [-0.2, 0) is 6.18 Å². The molecule has 1 aromatic heterocycles. The molecule has 2 nitrogen and oxygen atoms in total. The molecule has 0 unspecified atom stereocenters. The third kappa shape index (κ3) is 1.23. The van der Waals surface area contributed by atoms with Crippen LogP contribution < -0.4 is 0 Å². The number of benzene rings is 1. The predicted octanol–water partition coefficient (Wildman–Crippen LogP) is 2.52. The van der Waals surface area contributed by atoms with Crippen molar-refractivity contribution in [2.45, 2.75) is 6.18 Å². The number of nitrogens with zero attached hydrogens (tertiary/aromatic N) is 1. The monoisotopic (exact) mass is 203 g/mol. The average Bonchev–Trinajstić information content (AvgIpc) is 2.48. The van der Waals surface area contributed by atoms with Crippen LogP contribution in [0.3, 0.4) is 0 Å². The first-order chi connectivity index (χ1) is 6.50. The summed E-state index contributed by atoms with van der Waals surface area (Å²) in [7, 11) is 0. The van der Waals surface area contributed by atoms with Crippen molar-refractivity contribution in [3.8, 4) is 0 Å². The minimum Gasteiger partial charge on any atom is -0.335 e. The van der Waals surface area contributed by atoms with E-state index in [0.717, 1.165) is 6.07 Å². The average molecular weight is 203 g/mol. The SMILES string of the molecule is Fc1ccc2[nH][c]nc2c1C(F)(F)F. The Balaban J connectivity index is 2.83. The van der Waals surface area contributed by atoms with Gasteiger partial charge in [-0.25, -0.2) is 9.37 Å². The Morgan fingerprint density at radius 1 is 1.29 bits per heavy atom. The van der Waals surface area contributed by atoms with Crippen LogP contribution in [0.15, 0.2) is 12.1 Å². The zero-order valence-corrected chi connectivity index (χ0v) is 6.61. The number of hydrogen-bond donors (Lipinski definition) is 1. The molecule has 0 bridgehead atoms. The number of fused-ring (bicyclic) bond motifs is 1. The van der Waals surface area contributed by atoms with Crippen LogP contribution in [0.5, 0.6) is 0 Å². The molecular weight excluding hydrogens is 200 g/mol. The number of imidazole rings is 1. The molecular formula is C8H3F4N2. The fraction of sp³-hybridized carbons (Fsp3) is 0.125. The largest absolute Gasteiger partial charge is 0.421 e.